The first-order valence-electron chi connectivity index (χ1n) is 3.99. The number of fused-ring (bicyclic) bond motifs is 1. The molecule has 72 valence electrons. The van der Waals surface area contributed by atoms with E-state index in [9.17, 15) is 14.1 Å². The van der Waals surface area contributed by atoms with Crippen LogP contribution in [0.15, 0.2) is 24.3 Å². The van der Waals surface area contributed by atoms with Gasteiger partial charge >= 0.3 is 0 Å². The molecule has 0 aromatic heterocycles. The van der Waals surface area contributed by atoms with Gasteiger partial charge in [-0.25, -0.2) is 4.21 Å². The molecule has 0 radical (unpaired) electrons. The van der Waals surface area contributed by atoms with Gasteiger partial charge in [0.25, 0.3) is 5.91 Å². The van der Waals surface area contributed by atoms with Crippen LogP contribution in [0.2, 0.25) is 0 Å². The molecule has 2 N–H and O–H groups in total. The Kier molecular flexibility index (Phi) is 2.18. The van der Waals surface area contributed by atoms with E-state index in [-0.39, 0.29) is 16.1 Å². The summed E-state index contributed by atoms with van der Waals surface area (Å²) in [6.45, 7) is 0. The van der Waals surface area contributed by atoms with E-state index in [1.165, 1.54) is 0 Å². The summed E-state index contributed by atoms with van der Waals surface area (Å²) in [5.41, 5.74) is 1.12. The molecule has 1 atom stereocenters. The summed E-state index contributed by atoms with van der Waals surface area (Å²) in [7, 11) is 0. The third-order valence-corrected chi connectivity index (χ3v) is 2.65. The zero-order chi connectivity index (χ0) is 10.1. The molecule has 5 heteroatoms. The number of carbonyl (C=O) groups is 1. The Hall–Kier alpha value is -1.46. The fourth-order valence-corrected chi connectivity index (χ4v) is 1.73. The minimum Gasteiger partial charge on any atom is -0.382 e. The number of rotatable bonds is 0. The molecule has 0 fully saturated rings. The lowest BCUT2D eigenvalue weighted by Crippen LogP contribution is -2.33. The maximum Gasteiger partial charge on any atom is 0.267 e. The van der Waals surface area contributed by atoms with Gasteiger partial charge in [-0.1, -0.05) is 18.2 Å². The van der Waals surface area contributed by atoms with Crippen LogP contribution in [0.25, 0.3) is 0 Å². The van der Waals surface area contributed by atoms with Crippen molar-refractivity contribution in [2.45, 2.75) is 6.10 Å². The minimum atomic E-state index is -1.09. The number of aliphatic hydroxyl groups excluding tert-OH is 1. The van der Waals surface area contributed by atoms with Crippen LogP contribution in [0.3, 0.4) is 0 Å². The number of aliphatic hydroxyl groups is 1. The van der Waals surface area contributed by atoms with Crippen LogP contribution >= 0.6 is 0 Å². The Morgan fingerprint density at radius 2 is 2.07 bits per heavy atom. The first-order valence-corrected chi connectivity index (χ1v) is 4.73. The molecule has 0 saturated heterocycles. The van der Waals surface area contributed by atoms with Crippen LogP contribution in [0.1, 0.15) is 11.7 Å². The van der Waals surface area contributed by atoms with Gasteiger partial charge in [-0.3, -0.25) is 4.79 Å². The van der Waals surface area contributed by atoms with Crippen molar-refractivity contribution in [2.24, 2.45) is 0 Å². The van der Waals surface area contributed by atoms with Gasteiger partial charge in [0.15, 0.2) is 0 Å². The van der Waals surface area contributed by atoms with Crippen molar-refractivity contribution >= 4 is 27.7 Å². The van der Waals surface area contributed by atoms with Crippen LogP contribution in [-0.4, -0.2) is 20.1 Å². The second kappa shape index (κ2) is 3.36. The maximum absolute atomic E-state index is 11.3. The van der Waals surface area contributed by atoms with Crippen molar-refractivity contribution < 1.29 is 14.1 Å². The monoisotopic (exact) mass is 209 g/mol. The zero-order valence-corrected chi connectivity index (χ0v) is 7.88. The molecule has 2 rings (SSSR count). The van der Waals surface area contributed by atoms with E-state index in [0.717, 1.165) is 0 Å². The molecule has 0 bridgehead atoms. The molecule has 1 unspecified atom stereocenters. The standard InChI is InChI=1S/C9H7NO3S/c11-7-5-3-1-2-4-6(5)10-9(12)8(7)14-13/h1-4,7,11H,(H,10,12). The topological polar surface area (TPSA) is 66.4 Å². The third-order valence-electron chi connectivity index (χ3n) is 2.07. The highest BCUT2D eigenvalue weighted by Crippen LogP contribution is 2.27. The van der Waals surface area contributed by atoms with Crippen molar-refractivity contribution in [1.29, 1.82) is 0 Å². The van der Waals surface area contributed by atoms with E-state index in [1.54, 1.807) is 24.3 Å². The third kappa shape index (κ3) is 1.26. The second-order valence-corrected chi connectivity index (χ2v) is 3.50. The van der Waals surface area contributed by atoms with Gasteiger partial charge in [0, 0.05) is 11.3 Å². The van der Waals surface area contributed by atoms with Crippen molar-refractivity contribution in [2.75, 3.05) is 5.32 Å². The summed E-state index contributed by atoms with van der Waals surface area (Å²) in [4.78, 5) is 11.2. The van der Waals surface area contributed by atoms with Crippen LogP contribution in [0.4, 0.5) is 5.69 Å². The zero-order valence-electron chi connectivity index (χ0n) is 7.06. The number of hydrogen-bond acceptors (Lipinski definition) is 3. The van der Waals surface area contributed by atoms with E-state index in [0.29, 0.717) is 11.3 Å². The smallest absolute Gasteiger partial charge is 0.267 e. The van der Waals surface area contributed by atoms with Gasteiger partial charge < -0.3 is 10.4 Å². The van der Waals surface area contributed by atoms with Crippen molar-refractivity contribution in [3.8, 4) is 0 Å². The Morgan fingerprint density at radius 3 is 2.79 bits per heavy atom. The number of nitrogens with one attached hydrogen (secondary N) is 1. The second-order valence-electron chi connectivity index (χ2n) is 2.89. The molecular formula is C9H7NO3S. The summed E-state index contributed by atoms with van der Waals surface area (Å²) >= 11 is 0.0302. The summed E-state index contributed by atoms with van der Waals surface area (Å²) in [5, 5.41) is 12.2. The SMILES string of the molecule is O=S=C1C(=O)Nc2ccccc2C1O. The van der Waals surface area contributed by atoms with Crippen molar-refractivity contribution in [3.05, 3.63) is 29.8 Å². The van der Waals surface area contributed by atoms with E-state index in [1.807, 2.05) is 0 Å². The van der Waals surface area contributed by atoms with Crippen LogP contribution in [0.5, 0.6) is 0 Å². The summed E-state index contributed by atoms with van der Waals surface area (Å²) in [6, 6.07) is 6.85. The Morgan fingerprint density at radius 1 is 1.36 bits per heavy atom. The predicted octanol–water partition coefficient (Wildman–Crippen LogP) is 0.0575. The molecule has 1 aromatic rings. The van der Waals surface area contributed by atoms with Crippen LogP contribution in [0, 0.1) is 0 Å². The van der Waals surface area contributed by atoms with Gasteiger partial charge in [0.2, 0.25) is 0 Å². The minimum absolute atomic E-state index is 0.0302. The number of anilines is 1. The van der Waals surface area contributed by atoms with E-state index < -0.39 is 12.0 Å². The summed E-state index contributed by atoms with van der Waals surface area (Å²) < 4.78 is 10.6. The highest BCUT2D eigenvalue weighted by atomic mass is 32.1. The van der Waals surface area contributed by atoms with Crippen molar-refractivity contribution in [3.63, 3.8) is 0 Å². The molecular weight excluding hydrogens is 202 g/mol. The van der Waals surface area contributed by atoms with E-state index in [4.69, 9.17) is 0 Å². The van der Waals surface area contributed by atoms with Gasteiger partial charge in [-0.05, 0) is 6.07 Å². The molecule has 4 nitrogen and oxygen atoms in total. The molecule has 0 aliphatic carbocycles. The molecule has 1 amide bonds. The van der Waals surface area contributed by atoms with E-state index >= 15 is 0 Å². The number of hydrogen-bond donors (Lipinski definition) is 2. The molecule has 1 aromatic carbocycles. The van der Waals surface area contributed by atoms with Crippen LogP contribution in [-0.2, 0) is 16.1 Å². The summed E-state index contributed by atoms with van der Waals surface area (Å²) in [5.74, 6) is -0.517. The highest BCUT2D eigenvalue weighted by molar-refractivity contribution is 7.68. The highest BCUT2D eigenvalue weighted by Gasteiger charge is 2.29. The fraction of sp³-hybridized carbons (Fsp3) is 0.111. The molecule has 1 aliphatic heterocycles. The van der Waals surface area contributed by atoms with Gasteiger partial charge in [0.1, 0.15) is 22.2 Å². The first kappa shape index (κ1) is 9.11. The number of benzene rings is 1. The van der Waals surface area contributed by atoms with Crippen molar-refractivity contribution in [1.82, 2.24) is 0 Å². The number of para-hydroxylation sites is 1. The van der Waals surface area contributed by atoms with Gasteiger partial charge in [-0.15, -0.1) is 0 Å². The predicted molar refractivity (Wildman–Crippen MR) is 53.2 cm³/mol. The average molecular weight is 209 g/mol. The van der Waals surface area contributed by atoms with E-state index in [2.05, 4.69) is 5.32 Å². The molecule has 0 spiro atoms. The number of amides is 1. The lowest BCUT2D eigenvalue weighted by atomic mass is 10.0. The molecule has 1 aliphatic rings. The van der Waals surface area contributed by atoms with Gasteiger partial charge in [0.05, 0.1) is 0 Å². The Balaban J connectivity index is 2.60. The summed E-state index contributed by atoms with van der Waals surface area (Å²) in [6.07, 6.45) is -1.09. The lowest BCUT2D eigenvalue weighted by Gasteiger charge is -2.21. The van der Waals surface area contributed by atoms with Gasteiger partial charge in [-0.2, -0.15) is 0 Å². The van der Waals surface area contributed by atoms with Crippen LogP contribution < -0.4 is 5.32 Å². The first-order chi connectivity index (χ1) is 6.74. The maximum atomic E-state index is 11.3. The number of carbonyl (C=O) groups excluding carboxylic acids is 1. The Bertz CT molecular complexity index is 451. The fourth-order valence-electron chi connectivity index (χ4n) is 1.38. The largest absolute Gasteiger partial charge is 0.382 e. The lowest BCUT2D eigenvalue weighted by molar-refractivity contribution is -0.110. The molecule has 14 heavy (non-hydrogen) atoms. The molecule has 0 saturated carbocycles. The average Bonchev–Trinajstić information content (AvgIpc) is 2.18. The normalized spacial score (nSPS) is 19.9. The Labute approximate surface area is 83.6 Å². The quantitative estimate of drug-likeness (QED) is 0.594. The molecule has 1 heterocycles.